The van der Waals surface area contributed by atoms with Crippen molar-refractivity contribution in [2.45, 2.75) is 45.7 Å². The van der Waals surface area contributed by atoms with E-state index >= 15 is 0 Å². The van der Waals surface area contributed by atoms with Crippen LogP contribution in [-0.2, 0) is 16.1 Å². The normalized spacial score (nSPS) is 13.8. The van der Waals surface area contributed by atoms with Crippen molar-refractivity contribution in [3.05, 3.63) is 48.3 Å². The Balaban J connectivity index is 1.71. The van der Waals surface area contributed by atoms with Crippen molar-refractivity contribution >= 4 is 17.5 Å². The number of fused-ring (bicyclic) bond motifs is 3. The van der Waals surface area contributed by atoms with E-state index in [9.17, 15) is 9.59 Å². The monoisotopic (exact) mass is 325 g/mol. The molecular formula is C19H23N3O2. The molecule has 1 N–H and O–H groups in total. The highest BCUT2D eigenvalue weighted by Crippen LogP contribution is 2.32. The van der Waals surface area contributed by atoms with Gasteiger partial charge in [-0.05, 0) is 37.6 Å². The van der Waals surface area contributed by atoms with E-state index in [4.69, 9.17) is 0 Å². The number of nitrogens with zero attached hydrogens (tertiary/aromatic N) is 2. The Kier molecular flexibility index (Phi) is 4.69. The number of hydrogen-bond donors (Lipinski definition) is 1. The summed E-state index contributed by atoms with van der Waals surface area (Å²) in [6, 6.07) is 12.0. The van der Waals surface area contributed by atoms with Crippen LogP contribution in [0.25, 0.3) is 5.69 Å². The van der Waals surface area contributed by atoms with Gasteiger partial charge in [0.1, 0.15) is 0 Å². The van der Waals surface area contributed by atoms with Crippen LogP contribution in [0.3, 0.4) is 0 Å². The Morgan fingerprint density at radius 3 is 2.62 bits per heavy atom. The lowest BCUT2D eigenvalue weighted by molar-refractivity contribution is -0.125. The second-order valence-corrected chi connectivity index (χ2v) is 6.21. The van der Waals surface area contributed by atoms with E-state index in [1.165, 1.54) is 0 Å². The lowest BCUT2D eigenvalue weighted by Gasteiger charge is -2.31. The standard InChI is InChI=1S/C19H23N3O2/c1-3-14(2)20-18(23)10-11-19(24)22-13-15-7-6-12-21(15)16-8-4-5-9-17(16)22/h4-9,12,14H,3,10-11,13H2,1-2H3,(H,20,23). The van der Waals surface area contributed by atoms with E-state index in [2.05, 4.69) is 9.88 Å². The zero-order chi connectivity index (χ0) is 17.1. The summed E-state index contributed by atoms with van der Waals surface area (Å²) in [5, 5.41) is 2.90. The molecule has 1 aliphatic heterocycles. The van der Waals surface area contributed by atoms with Crippen LogP contribution in [0.15, 0.2) is 42.6 Å². The smallest absolute Gasteiger partial charge is 0.227 e. The lowest BCUT2D eigenvalue weighted by atomic mass is 10.1. The van der Waals surface area contributed by atoms with Crippen molar-refractivity contribution in [3.63, 3.8) is 0 Å². The van der Waals surface area contributed by atoms with E-state index < -0.39 is 0 Å². The van der Waals surface area contributed by atoms with Gasteiger partial charge in [-0.25, -0.2) is 0 Å². The molecule has 126 valence electrons. The number of para-hydroxylation sites is 2. The van der Waals surface area contributed by atoms with Crippen molar-refractivity contribution < 1.29 is 9.59 Å². The molecule has 0 saturated carbocycles. The molecule has 1 aromatic carbocycles. The first-order valence-electron chi connectivity index (χ1n) is 8.45. The summed E-state index contributed by atoms with van der Waals surface area (Å²) in [4.78, 5) is 26.4. The number of hydrogen-bond acceptors (Lipinski definition) is 2. The van der Waals surface area contributed by atoms with E-state index in [1.54, 1.807) is 4.90 Å². The molecule has 0 saturated heterocycles. The van der Waals surface area contributed by atoms with Crippen molar-refractivity contribution in [3.8, 4) is 5.69 Å². The average molecular weight is 325 g/mol. The van der Waals surface area contributed by atoms with Crippen LogP contribution < -0.4 is 10.2 Å². The molecule has 0 aliphatic carbocycles. The third kappa shape index (κ3) is 3.20. The summed E-state index contributed by atoms with van der Waals surface area (Å²) < 4.78 is 2.11. The second kappa shape index (κ2) is 6.91. The highest BCUT2D eigenvalue weighted by Gasteiger charge is 2.25. The number of benzene rings is 1. The molecule has 24 heavy (non-hydrogen) atoms. The fourth-order valence-corrected chi connectivity index (χ4v) is 2.95. The maximum Gasteiger partial charge on any atom is 0.227 e. The molecule has 2 amide bonds. The third-order valence-corrected chi connectivity index (χ3v) is 4.47. The summed E-state index contributed by atoms with van der Waals surface area (Å²) in [6.45, 7) is 4.53. The molecule has 5 nitrogen and oxygen atoms in total. The quantitative estimate of drug-likeness (QED) is 0.919. The highest BCUT2D eigenvalue weighted by molar-refractivity contribution is 5.97. The minimum absolute atomic E-state index is 0.0193. The molecule has 0 spiro atoms. The van der Waals surface area contributed by atoms with Crippen LogP contribution in [0, 0.1) is 0 Å². The van der Waals surface area contributed by atoms with Gasteiger partial charge in [0.05, 0.1) is 17.9 Å². The fourth-order valence-electron chi connectivity index (χ4n) is 2.95. The SMILES string of the molecule is CCC(C)NC(=O)CCC(=O)N1Cc2cccn2-c2ccccc21. The highest BCUT2D eigenvalue weighted by atomic mass is 16.2. The predicted octanol–water partition coefficient (Wildman–Crippen LogP) is 3.02. The minimum atomic E-state index is -0.0635. The number of aromatic nitrogens is 1. The molecular weight excluding hydrogens is 302 g/mol. The van der Waals surface area contributed by atoms with E-state index in [1.807, 2.05) is 56.4 Å². The number of carbonyl (C=O) groups excluding carboxylic acids is 2. The van der Waals surface area contributed by atoms with Crippen LogP contribution in [0.1, 0.15) is 38.8 Å². The molecule has 0 fully saturated rings. The van der Waals surface area contributed by atoms with Gasteiger partial charge in [0.15, 0.2) is 0 Å². The van der Waals surface area contributed by atoms with Crippen molar-refractivity contribution in [1.82, 2.24) is 9.88 Å². The second-order valence-electron chi connectivity index (χ2n) is 6.21. The van der Waals surface area contributed by atoms with Crippen molar-refractivity contribution in [2.75, 3.05) is 4.90 Å². The van der Waals surface area contributed by atoms with Crippen LogP contribution in [-0.4, -0.2) is 22.4 Å². The lowest BCUT2D eigenvalue weighted by Crippen LogP contribution is -2.36. The number of rotatable bonds is 5. The minimum Gasteiger partial charge on any atom is -0.354 e. The largest absolute Gasteiger partial charge is 0.354 e. The van der Waals surface area contributed by atoms with Gasteiger partial charge in [0, 0.05) is 30.8 Å². The fraction of sp³-hybridized carbons (Fsp3) is 0.368. The van der Waals surface area contributed by atoms with Gasteiger partial charge in [-0.3, -0.25) is 9.59 Å². The molecule has 1 atom stereocenters. The van der Waals surface area contributed by atoms with Gasteiger partial charge in [0.25, 0.3) is 0 Å². The van der Waals surface area contributed by atoms with E-state index in [-0.39, 0.29) is 30.7 Å². The van der Waals surface area contributed by atoms with Crippen LogP contribution in [0.2, 0.25) is 0 Å². The Labute approximate surface area is 142 Å². The summed E-state index contributed by atoms with van der Waals surface area (Å²) >= 11 is 0. The maximum atomic E-state index is 12.7. The summed E-state index contributed by atoms with van der Waals surface area (Å²) in [7, 11) is 0. The first kappa shape index (κ1) is 16.3. The average Bonchev–Trinajstić information content (AvgIpc) is 3.07. The topological polar surface area (TPSA) is 54.3 Å². The molecule has 2 aromatic rings. The molecule has 3 rings (SSSR count). The zero-order valence-electron chi connectivity index (χ0n) is 14.2. The number of amides is 2. The molecule has 1 aromatic heterocycles. The van der Waals surface area contributed by atoms with Crippen molar-refractivity contribution in [1.29, 1.82) is 0 Å². The van der Waals surface area contributed by atoms with Gasteiger partial charge in [-0.1, -0.05) is 19.1 Å². The summed E-state index contributed by atoms with van der Waals surface area (Å²) in [6.07, 6.45) is 3.34. The molecule has 1 unspecified atom stereocenters. The molecule has 1 aliphatic rings. The van der Waals surface area contributed by atoms with E-state index in [0.717, 1.165) is 23.5 Å². The third-order valence-electron chi connectivity index (χ3n) is 4.47. The van der Waals surface area contributed by atoms with Gasteiger partial charge >= 0.3 is 0 Å². The predicted molar refractivity (Wildman–Crippen MR) is 94.1 cm³/mol. The Morgan fingerprint density at radius 2 is 1.88 bits per heavy atom. The van der Waals surface area contributed by atoms with Gasteiger partial charge < -0.3 is 14.8 Å². The molecule has 0 bridgehead atoms. The first-order chi connectivity index (χ1) is 11.6. The van der Waals surface area contributed by atoms with Crippen LogP contribution >= 0.6 is 0 Å². The zero-order valence-corrected chi connectivity index (χ0v) is 14.2. The first-order valence-corrected chi connectivity index (χ1v) is 8.45. The number of anilines is 1. The summed E-state index contributed by atoms with van der Waals surface area (Å²) in [5.74, 6) is -0.0828. The van der Waals surface area contributed by atoms with Crippen LogP contribution in [0.4, 0.5) is 5.69 Å². The van der Waals surface area contributed by atoms with Gasteiger partial charge in [0.2, 0.25) is 11.8 Å². The van der Waals surface area contributed by atoms with Crippen molar-refractivity contribution in [2.24, 2.45) is 0 Å². The number of nitrogens with one attached hydrogen (secondary N) is 1. The molecule has 5 heteroatoms. The molecule has 0 radical (unpaired) electrons. The van der Waals surface area contributed by atoms with E-state index in [0.29, 0.717) is 6.54 Å². The Morgan fingerprint density at radius 1 is 1.12 bits per heavy atom. The summed E-state index contributed by atoms with van der Waals surface area (Å²) in [5.41, 5.74) is 2.97. The number of carbonyl (C=O) groups is 2. The molecule has 2 heterocycles. The Hall–Kier alpha value is -2.56. The van der Waals surface area contributed by atoms with Gasteiger partial charge in [-0.2, -0.15) is 0 Å². The van der Waals surface area contributed by atoms with Crippen LogP contribution in [0.5, 0.6) is 0 Å². The Bertz CT molecular complexity index is 751. The van der Waals surface area contributed by atoms with Gasteiger partial charge in [-0.15, -0.1) is 0 Å². The maximum absolute atomic E-state index is 12.7.